The molecule has 166 valence electrons. The van der Waals surface area contributed by atoms with Crippen molar-refractivity contribution in [1.82, 2.24) is 24.1 Å². The molecule has 0 spiro atoms. The summed E-state index contributed by atoms with van der Waals surface area (Å²) in [5.74, 6) is 0. The lowest BCUT2D eigenvalue weighted by Gasteiger charge is -2.29. The van der Waals surface area contributed by atoms with Crippen LogP contribution in [0.15, 0.2) is 35.4 Å². The Morgan fingerprint density at radius 1 is 1.25 bits per heavy atom. The molecule has 0 saturated heterocycles. The standard InChI is InChI=1S/C22H22ClN5O3S/c1-22(2,3)31-21(30)26-9-8-15-16(11-26)32-19-17(15)18-24-12-25-28(18)20(29)27(19)10-13-4-6-14(23)7-5-13/h4-7,12H,8-11H2,1-3H3. The minimum atomic E-state index is -0.551. The Bertz CT molecular complexity index is 1400. The molecule has 3 aromatic heterocycles. The SMILES string of the molecule is CC(C)(C)OC(=O)N1CCc2c(sc3c2c2ncnn2c(=O)n3Cc2ccc(Cl)cc2)C1. The summed E-state index contributed by atoms with van der Waals surface area (Å²) in [6, 6.07) is 7.43. The third kappa shape index (κ3) is 3.65. The maximum absolute atomic E-state index is 13.2. The molecule has 0 atom stereocenters. The number of aromatic nitrogens is 4. The molecule has 0 saturated carbocycles. The van der Waals surface area contributed by atoms with Gasteiger partial charge < -0.3 is 9.64 Å². The lowest BCUT2D eigenvalue weighted by atomic mass is 10.1. The minimum Gasteiger partial charge on any atom is -0.444 e. The summed E-state index contributed by atoms with van der Waals surface area (Å²) in [5, 5.41) is 5.74. The first-order chi connectivity index (χ1) is 15.2. The summed E-state index contributed by atoms with van der Waals surface area (Å²) in [4.78, 5) is 33.8. The van der Waals surface area contributed by atoms with E-state index in [1.54, 1.807) is 9.47 Å². The van der Waals surface area contributed by atoms with Crippen LogP contribution in [-0.2, 0) is 24.2 Å². The van der Waals surface area contributed by atoms with Crippen LogP contribution in [0.2, 0.25) is 5.02 Å². The van der Waals surface area contributed by atoms with Crippen LogP contribution in [0.1, 0.15) is 36.8 Å². The van der Waals surface area contributed by atoms with Crippen LogP contribution < -0.4 is 5.69 Å². The second kappa shape index (κ2) is 7.60. The van der Waals surface area contributed by atoms with Gasteiger partial charge in [-0.2, -0.15) is 9.61 Å². The first-order valence-corrected chi connectivity index (χ1v) is 11.5. The van der Waals surface area contributed by atoms with Gasteiger partial charge in [-0.05, 0) is 50.5 Å². The average Bonchev–Trinajstić information content (AvgIpc) is 3.35. The van der Waals surface area contributed by atoms with Gasteiger partial charge in [-0.25, -0.2) is 14.6 Å². The highest BCUT2D eigenvalue weighted by Crippen LogP contribution is 2.37. The number of halogens is 1. The molecular formula is C22H22ClN5O3S. The van der Waals surface area contributed by atoms with Crippen LogP contribution in [0.3, 0.4) is 0 Å². The number of carbonyl (C=O) groups is 1. The van der Waals surface area contributed by atoms with E-state index in [0.717, 1.165) is 26.2 Å². The van der Waals surface area contributed by atoms with Gasteiger partial charge in [0, 0.05) is 16.4 Å². The Hall–Kier alpha value is -2.91. The largest absolute Gasteiger partial charge is 0.444 e. The summed E-state index contributed by atoms with van der Waals surface area (Å²) < 4.78 is 8.63. The zero-order chi connectivity index (χ0) is 22.6. The molecule has 4 heterocycles. The Kier molecular flexibility index (Phi) is 4.98. The fourth-order valence-electron chi connectivity index (χ4n) is 3.96. The number of ether oxygens (including phenoxy) is 1. The van der Waals surface area contributed by atoms with Crippen LogP contribution >= 0.6 is 22.9 Å². The predicted octanol–water partition coefficient (Wildman–Crippen LogP) is 4.10. The number of rotatable bonds is 2. The van der Waals surface area contributed by atoms with Crippen molar-refractivity contribution in [1.29, 1.82) is 0 Å². The summed E-state index contributed by atoms with van der Waals surface area (Å²) >= 11 is 7.55. The fourth-order valence-corrected chi connectivity index (χ4v) is 5.43. The summed E-state index contributed by atoms with van der Waals surface area (Å²) in [6.07, 6.45) is 1.74. The van der Waals surface area contributed by atoms with Crippen LogP contribution in [0.4, 0.5) is 4.79 Å². The van der Waals surface area contributed by atoms with Gasteiger partial charge in [-0.15, -0.1) is 11.3 Å². The monoisotopic (exact) mass is 471 g/mol. The molecule has 0 bridgehead atoms. The quantitative estimate of drug-likeness (QED) is 0.439. The lowest BCUT2D eigenvalue weighted by Crippen LogP contribution is -2.39. The summed E-state index contributed by atoms with van der Waals surface area (Å²) in [5.41, 5.74) is 1.83. The average molecular weight is 472 g/mol. The van der Waals surface area contributed by atoms with Gasteiger partial charge in [0.25, 0.3) is 0 Å². The molecule has 0 fully saturated rings. The van der Waals surface area contributed by atoms with Crippen LogP contribution in [0, 0.1) is 0 Å². The molecule has 5 rings (SSSR count). The lowest BCUT2D eigenvalue weighted by molar-refractivity contribution is 0.0227. The van der Waals surface area contributed by atoms with Crippen molar-refractivity contribution in [2.24, 2.45) is 0 Å². The van der Waals surface area contributed by atoms with Crippen LogP contribution in [-0.4, -0.2) is 42.3 Å². The normalized spacial score (nSPS) is 14.2. The molecule has 0 aliphatic carbocycles. The van der Waals surface area contributed by atoms with Gasteiger partial charge in [0.2, 0.25) is 0 Å². The smallest absolute Gasteiger partial charge is 0.410 e. The zero-order valence-electron chi connectivity index (χ0n) is 18.0. The Morgan fingerprint density at radius 2 is 2.00 bits per heavy atom. The van der Waals surface area contributed by atoms with E-state index in [-0.39, 0.29) is 11.8 Å². The second-order valence-electron chi connectivity index (χ2n) is 8.83. The van der Waals surface area contributed by atoms with E-state index in [9.17, 15) is 9.59 Å². The van der Waals surface area contributed by atoms with Crippen molar-refractivity contribution in [3.8, 4) is 0 Å². The number of hydrogen-bond donors (Lipinski definition) is 0. The number of benzene rings is 1. The first-order valence-electron chi connectivity index (χ1n) is 10.3. The second-order valence-corrected chi connectivity index (χ2v) is 10.3. The van der Waals surface area contributed by atoms with Gasteiger partial charge in [-0.3, -0.25) is 4.57 Å². The molecule has 1 aliphatic rings. The maximum atomic E-state index is 13.2. The van der Waals surface area contributed by atoms with Crippen molar-refractivity contribution in [3.63, 3.8) is 0 Å². The number of carbonyl (C=O) groups excluding carboxylic acids is 1. The summed E-state index contributed by atoms with van der Waals surface area (Å²) in [7, 11) is 0. The Balaban J connectivity index is 1.61. The van der Waals surface area contributed by atoms with Gasteiger partial charge in [0.05, 0.1) is 18.5 Å². The van der Waals surface area contributed by atoms with Gasteiger partial charge in [0.1, 0.15) is 16.8 Å². The third-order valence-electron chi connectivity index (χ3n) is 5.37. The third-order valence-corrected chi connectivity index (χ3v) is 6.86. The van der Waals surface area contributed by atoms with Crippen molar-refractivity contribution in [2.75, 3.05) is 6.54 Å². The Morgan fingerprint density at radius 3 is 2.72 bits per heavy atom. The van der Waals surface area contributed by atoms with Gasteiger partial charge >= 0.3 is 11.8 Å². The predicted molar refractivity (Wildman–Crippen MR) is 124 cm³/mol. The van der Waals surface area contributed by atoms with E-state index in [1.165, 1.54) is 22.2 Å². The van der Waals surface area contributed by atoms with Crippen molar-refractivity contribution >= 4 is 44.9 Å². The number of fused-ring (bicyclic) bond motifs is 5. The van der Waals surface area contributed by atoms with E-state index in [0.29, 0.717) is 36.7 Å². The molecule has 1 aliphatic heterocycles. The number of nitrogens with zero attached hydrogens (tertiary/aromatic N) is 5. The molecular weight excluding hydrogens is 450 g/mol. The van der Waals surface area contributed by atoms with E-state index in [2.05, 4.69) is 10.1 Å². The molecule has 10 heteroatoms. The van der Waals surface area contributed by atoms with E-state index < -0.39 is 5.60 Å². The minimum absolute atomic E-state index is 0.248. The molecule has 0 unspecified atom stereocenters. The topological polar surface area (TPSA) is 81.7 Å². The maximum Gasteiger partial charge on any atom is 0.410 e. The fraction of sp³-hybridized carbons (Fsp3) is 0.364. The number of amides is 1. The van der Waals surface area contributed by atoms with Crippen molar-refractivity contribution in [2.45, 2.75) is 45.9 Å². The van der Waals surface area contributed by atoms with Crippen molar-refractivity contribution < 1.29 is 9.53 Å². The van der Waals surface area contributed by atoms with Gasteiger partial charge in [0.15, 0.2) is 5.65 Å². The highest BCUT2D eigenvalue weighted by atomic mass is 35.5. The highest BCUT2D eigenvalue weighted by molar-refractivity contribution is 7.19. The molecule has 0 radical (unpaired) electrons. The molecule has 0 N–H and O–H groups in total. The van der Waals surface area contributed by atoms with E-state index in [1.807, 2.05) is 45.0 Å². The first kappa shape index (κ1) is 21.0. The number of thiophene rings is 1. The number of hydrogen-bond acceptors (Lipinski definition) is 6. The van der Waals surface area contributed by atoms with E-state index in [4.69, 9.17) is 16.3 Å². The highest BCUT2D eigenvalue weighted by Gasteiger charge is 2.30. The molecule has 32 heavy (non-hydrogen) atoms. The van der Waals surface area contributed by atoms with Crippen molar-refractivity contribution in [3.05, 3.63) is 62.1 Å². The molecule has 1 aromatic carbocycles. The molecule has 1 amide bonds. The van der Waals surface area contributed by atoms with Gasteiger partial charge in [-0.1, -0.05) is 23.7 Å². The van der Waals surface area contributed by atoms with Crippen LogP contribution in [0.25, 0.3) is 15.9 Å². The Labute approximate surface area is 193 Å². The molecule has 8 nitrogen and oxygen atoms in total. The summed E-state index contributed by atoms with van der Waals surface area (Å²) in [6.45, 7) is 6.95. The zero-order valence-corrected chi connectivity index (χ0v) is 19.5. The molecule has 4 aromatic rings. The van der Waals surface area contributed by atoms with Crippen LogP contribution in [0.5, 0.6) is 0 Å². The van der Waals surface area contributed by atoms with E-state index >= 15 is 0 Å².